The molecule has 106 valence electrons. The van der Waals surface area contributed by atoms with Crippen LogP contribution >= 0.6 is 0 Å². The van der Waals surface area contributed by atoms with Crippen molar-refractivity contribution >= 4 is 11.9 Å². The zero-order valence-corrected chi connectivity index (χ0v) is 11.7. The van der Waals surface area contributed by atoms with Gasteiger partial charge < -0.3 is 20.1 Å². The molecule has 19 heavy (non-hydrogen) atoms. The molecular formula is C12H21N5O2. The Bertz CT molecular complexity index is 438. The van der Waals surface area contributed by atoms with E-state index in [1.807, 2.05) is 18.7 Å². The molecule has 1 atom stereocenters. The average molecular weight is 267 g/mol. The van der Waals surface area contributed by atoms with Crippen molar-refractivity contribution in [2.24, 2.45) is 0 Å². The first kappa shape index (κ1) is 13.8. The largest absolute Gasteiger partial charge is 0.463 e. The Balaban J connectivity index is 2.19. The molecule has 2 N–H and O–H groups in total. The van der Waals surface area contributed by atoms with Gasteiger partial charge in [0.1, 0.15) is 0 Å². The first-order chi connectivity index (χ1) is 9.04. The van der Waals surface area contributed by atoms with E-state index in [9.17, 15) is 5.11 Å². The summed E-state index contributed by atoms with van der Waals surface area (Å²) >= 11 is 0. The number of ether oxygens (including phenoxy) is 1. The SMILES string of the molecule is CCCOc1nc(NC)nc(N2CCC(C)(O)C2)n1. The minimum Gasteiger partial charge on any atom is -0.463 e. The Kier molecular flexibility index (Phi) is 4.04. The van der Waals surface area contributed by atoms with Gasteiger partial charge in [-0.25, -0.2) is 0 Å². The lowest BCUT2D eigenvalue weighted by Crippen LogP contribution is -2.30. The lowest BCUT2D eigenvalue weighted by molar-refractivity contribution is 0.0838. The van der Waals surface area contributed by atoms with Gasteiger partial charge in [-0.3, -0.25) is 0 Å². The van der Waals surface area contributed by atoms with E-state index in [4.69, 9.17) is 4.74 Å². The summed E-state index contributed by atoms with van der Waals surface area (Å²) in [6, 6.07) is 0.322. The zero-order chi connectivity index (χ0) is 13.9. The van der Waals surface area contributed by atoms with Crippen LogP contribution in [-0.4, -0.2) is 52.4 Å². The lowest BCUT2D eigenvalue weighted by Gasteiger charge is -2.19. The average Bonchev–Trinajstić information content (AvgIpc) is 2.76. The molecule has 1 aromatic rings. The van der Waals surface area contributed by atoms with Gasteiger partial charge in [-0.15, -0.1) is 0 Å². The first-order valence-corrected chi connectivity index (χ1v) is 6.58. The number of nitrogens with zero attached hydrogens (tertiary/aromatic N) is 4. The van der Waals surface area contributed by atoms with Crippen molar-refractivity contribution in [2.75, 3.05) is 37.0 Å². The van der Waals surface area contributed by atoms with Crippen LogP contribution < -0.4 is 15.0 Å². The van der Waals surface area contributed by atoms with Gasteiger partial charge in [0.05, 0.1) is 12.2 Å². The molecule has 1 aliphatic heterocycles. The number of nitrogens with one attached hydrogen (secondary N) is 1. The summed E-state index contributed by atoms with van der Waals surface area (Å²) in [6.07, 6.45) is 1.60. The highest BCUT2D eigenvalue weighted by Gasteiger charge is 2.33. The van der Waals surface area contributed by atoms with Crippen LogP contribution in [-0.2, 0) is 0 Å². The molecule has 7 heteroatoms. The van der Waals surface area contributed by atoms with Crippen LogP contribution in [0.2, 0.25) is 0 Å². The third kappa shape index (κ3) is 3.44. The Morgan fingerprint density at radius 1 is 1.42 bits per heavy atom. The molecule has 2 heterocycles. The molecule has 0 aliphatic carbocycles. The van der Waals surface area contributed by atoms with E-state index in [2.05, 4.69) is 20.3 Å². The molecular weight excluding hydrogens is 246 g/mol. The molecule has 0 amide bonds. The van der Waals surface area contributed by atoms with Crippen LogP contribution in [0.1, 0.15) is 26.7 Å². The summed E-state index contributed by atoms with van der Waals surface area (Å²) in [5.41, 5.74) is -0.684. The molecule has 0 spiro atoms. The second-order valence-electron chi connectivity index (χ2n) is 5.01. The van der Waals surface area contributed by atoms with E-state index in [0.717, 1.165) is 13.0 Å². The standard InChI is InChI=1S/C12H21N5O2/c1-4-7-19-11-15-9(13-3)14-10(16-11)17-6-5-12(2,18)8-17/h18H,4-8H2,1-3H3,(H,13,14,15,16). The Labute approximate surface area is 113 Å². The van der Waals surface area contributed by atoms with Crippen LogP contribution in [0.5, 0.6) is 6.01 Å². The zero-order valence-electron chi connectivity index (χ0n) is 11.7. The van der Waals surface area contributed by atoms with Gasteiger partial charge in [0, 0.05) is 20.1 Å². The van der Waals surface area contributed by atoms with Gasteiger partial charge in [-0.1, -0.05) is 6.92 Å². The molecule has 0 saturated carbocycles. The first-order valence-electron chi connectivity index (χ1n) is 6.58. The maximum Gasteiger partial charge on any atom is 0.323 e. The highest BCUT2D eigenvalue weighted by atomic mass is 16.5. The number of rotatable bonds is 5. The second kappa shape index (κ2) is 5.56. The normalized spacial score (nSPS) is 22.6. The maximum absolute atomic E-state index is 10.0. The van der Waals surface area contributed by atoms with Crippen LogP contribution in [0.15, 0.2) is 0 Å². The predicted molar refractivity (Wildman–Crippen MR) is 72.6 cm³/mol. The Hall–Kier alpha value is -1.63. The van der Waals surface area contributed by atoms with E-state index in [-0.39, 0.29) is 0 Å². The van der Waals surface area contributed by atoms with E-state index >= 15 is 0 Å². The highest BCUT2D eigenvalue weighted by molar-refractivity contribution is 5.39. The van der Waals surface area contributed by atoms with Crippen LogP contribution in [0.3, 0.4) is 0 Å². The van der Waals surface area contributed by atoms with Crippen LogP contribution in [0.4, 0.5) is 11.9 Å². The number of hydrogen-bond donors (Lipinski definition) is 2. The minimum atomic E-state index is -0.684. The van der Waals surface area contributed by atoms with Crippen molar-refractivity contribution in [3.63, 3.8) is 0 Å². The van der Waals surface area contributed by atoms with E-state index < -0.39 is 5.60 Å². The van der Waals surface area contributed by atoms with Crippen molar-refractivity contribution in [1.29, 1.82) is 0 Å². The van der Waals surface area contributed by atoms with E-state index in [1.54, 1.807) is 7.05 Å². The summed E-state index contributed by atoms with van der Waals surface area (Å²) in [7, 11) is 1.75. The van der Waals surface area contributed by atoms with Gasteiger partial charge in [0.15, 0.2) is 0 Å². The summed E-state index contributed by atoms with van der Waals surface area (Å²) in [5.74, 6) is 1.02. The molecule has 1 unspecified atom stereocenters. The molecule has 1 saturated heterocycles. The predicted octanol–water partition coefficient (Wildman–Crippen LogP) is 0.663. The molecule has 2 rings (SSSR count). The number of aliphatic hydroxyl groups is 1. The van der Waals surface area contributed by atoms with Crippen molar-refractivity contribution in [1.82, 2.24) is 15.0 Å². The molecule has 0 radical (unpaired) electrons. The molecule has 0 bridgehead atoms. The van der Waals surface area contributed by atoms with Crippen LogP contribution in [0.25, 0.3) is 0 Å². The topological polar surface area (TPSA) is 83.4 Å². The quantitative estimate of drug-likeness (QED) is 0.811. The van der Waals surface area contributed by atoms with Crippen molar-refractivity contribution in [3.05, 3.63) is 0 Å². The van der Waals surface area contributed by atoms with E-state index in [1.165, 1.54) is 0 Å². The van der Waals surface area contributed by atoms with Crippen molar-refractivity contribution < 1.29 is 9.84 Å². The highest BCUT2D eigenvalue weighted by Crippen LogP contribution is 2.25. The summed E-state index contributed by atoms with van der Waals surface area (Å²) in [5, 5.41) is 12.9. The van der Waals surface area contributed by atoms with E-state index in [0.29, 0.717) is 37.5 Å². The summed E-state index contributed by atoms with van der Waals surface area (Å²) in [6.45, 7) is 5.67. The van der Waals surface area contributed by atoms with Crippen LogP contribution in [0, 0.1) is 0 Å². The van der Waals surface area contributed by atoms with Crippen molar-refractivity contribution in [2.45, 2.75) is 32.3 Å². The minimum absolute atomic E-state index is 0.322. The number of aromatic nitrogens is 3. The van der Waals surface area contributed by atoms with Crippen molar-refractivity contribution in [3.8, 4) is 6.01 Å². The molecule has 1 aliphatic rings. The Morgan fingerprint density at radius 2 is 2.21 bits per heavy atom. The molecule has 0 aromatic carbocycles. The number of β-amino-alcohol motifs (C(OH)–C–C–N with tert-alkyl or cyclic N) is 1. The smallest absolute Gasteiger partial charge is 0.323 e. The third-order valence-corrected chi connectivity index (χ3v) is 3.00. The van der Waals surface area contributed by atoms with Gasteiger partial charge in [-0.05, 0) is 19.8 Å². The van der Waals surface area contributed by atoms with Gasteiger partial charge in [0.25, 0.3) is 0 Å². The van der Waals surface area contributed by atoms with Gasteiger partial charge in [0.2, 0.25) is 11.9 Å². The fourth-order valence-electron chi connectivity index (χ4n) is 1.97. The molecule has 1 aromatic heterocycles. The third-order valence-electron chi connectivity index (χ3n) is 3.00. The monoisotopic (exact) mass is 267 g/mol. The number of anilines is 2. The summed E-state index contributed by atoms with van der Waals surface area (Å²) < 4.78 is 5.46. The Morgan fingerprint density at radius 3 is 2.79 bits per heavy atom. The fraction of sp³-hybridized carbons (Fsp3) is 0.750. The second-order valence-corrected chi connectivity index (χ2v) is 5.01. The maximum atomic E-state index is 10.0. The van der Waals surface area contributed by atoms with Gasteiger partial charge >= 0.3 is 6.01 Å². The summed E-state index contributed by atoms with van der Waals surface area (Å²) in [4.78, 5) is 14.7. The molecule has 7 nitrogen and oxygen atoms in total. The van der Waals surface area contributed by atoms with Gasteiger partial charge in [-0.2, -0.15) is 15.0 Å². The fourth-order valence-corrected chi connectivity index (χ4v) is 1.97. The lowest BCUT2D eigenvalue weighted by atomic mass is 10.1. The number of hydrogen-bond acceptors (Lipinski definition) is 7. The molecule has 1 fully saturated rings.